The molecule has 0 bridgehead atoms. The molecule has 0 saturated heterocycles. The molecule has 1 N–H and O–H groups in total. The normalized spacial score (nSPS) is 17.1. The molecule has 0 unspecified atom stereocenters. The molecule has 1 aromatic rings. The summed E-state index contributed by atoms with van der Waals surface area (Å²) in [6, 6.07) is 4.84. The highest BCUT2D eigenvalue weighted by molar-refractivity contribution is 5.85. The molecule has 1 fully saturated rings. The molecule has 0 spiro atoms. The average molecular weight is 224 g/mol. The summed E-state index contributed by atoms with van der Waals surface area (Å²) < 4.78 is 18.9. The van der Waals surface area contributed by atoms with E-state index >= 15 is 0 Å². The first-order valence-electron chi connectivity index (χ1n) is 5.12. The third-order valence-electron chi connectivity index (χ3n) is 3.05. The van der Waals surface area contributed by atoms with Gasteiger partial charge in [0.25, 0.3) is 0 Å². The van der Waals surface area contributed by atoms with Crippen molar-refractivity contribution in [2.24, 2.45) is 0 Å². The fourth-order valence-corrected chi connectivity index (χ4v) is 1.94. The number of carboxylic acid groups (broad SMARTS) is 1. The molecule has 1 saturated carbocycles. The lowest BCUT2D eigenvalue weighted by molar-refractivity contribution is -0.140. The Morgan fingerprint density at radius 2 is 2.25 bits per heavy atom. The lowest BCUT2D eigenvalue weighted by atomic mass is 9.94. The second-order valence-electron chi connectivity index (χ2n) is 4.10. The molecule has 4 heteroatoms. The molecule has 1 aromatic carbocycles. The number of hydrogen-bond acceptors (Lipinski definition) is 2. The second-order valence-corrected chi connectivity index (χ2v) is 4.10. The molecule has 86 valence electrons. The van der Waals surface area contributed by atoms with Crippen LogP contribution in [0, 0.1) is 5.82 Å². The van der Waals surface area contributed by atoms with Gasteiger partial charge in [0.2, 0.25) is 0 Å². The standard InChI is InChI=1S/C12H13FO3/c1-16-7-8-3-2-4-9(10(8)13)12(5-6-12)11(14)15/h2-4H,5-7H2,1H3,(H,14,15). The van der Waals surface area contributed by atoms with Gasteiger partial charge < -0.3 is 9.84 Å². The SMILES string of the molecule is COCc1cccc(C2(C(=O)O)CC2)c1F. The summed E-state index contributed by atoms with van der Waals surface area (Å²) in [5.41, 5.74) is -0.296. The Morgan fingerprint density at radius 1 is 1.56 bits per heavy atom. The zero-order valence-electron chi connectivity index (χ0n) is 9.00. The van der Waals surface area contributed by atoms with Gasteiger partial charge in [-0.15, -0.1) is 0 Å². The molecule has 0 amide bonds. The molecule has 2 rings (SSSR count). The number of rotatable bonds is 4. The number of carbonyl (C=O) groups is 1. The number of halogens is 1. The van der Waals surface area contributed by atoms with E-state index in [2.05, 4.69) is 0 Å². The van der Waals surface area contributed by atoms with E-state index in [1.165, 1.54) is 7.11 Å². The van der Waals surface area contributed by atoms with Crippen LogP contribution in [0.1, 0.15) is 24.0 Å². The summed E-state index contributed by atoms with van der Waals surface area (Å²) in [7, 11) is 1.48. The van der Waals surface area contributed by atoms with Crippen molar-refractivity contribution >= 4 is 5.97 Å². The van der Waals surface area contributed by atoms with Crippen molar-refractivity contribution in [3.8, 4) is 0 Å². The number of ether oxygens (including phenoxy) is 1. The average Bonchev–Trinajstić information content (AvgIpc) is 3.02. The third kappa shape index (κ3) is 1.59. The van der Waals surface area contributed by atoms with E-state index in [1.54, 1.807) is 18.2 Å². The van der Waals surface area contributed by atoms with Crippen molar-refractivity contribution < 1.29 is 19.0 Å². The Balaban J connectivity index is 2.42. The van der Waals surface area contributed by atoms with E-state index < -0.39 is 17.2 Å². The van der Waals surface area contributed by atoms with Gasteiger partial charge in [0.1, 0.15) is 5.82 Å². The summed E-state index contributed by atoms with van der Waals surface area (Å²) in [4.78, 5) is 11.1. The lowest BCUT2D eigenvalue weighted by Crippen LogP contribution is -2.21. The van der Waals surface area contributed by atoms with Crippen molar-refractivity contribution in [2.45, 2.75) is 24.9 Å². The van der Waals surface area contributed by atoms with Crippen LogP contribution in [0.15, 0.2) is 18.2 Å². The van der Waals surface area contributed by atoms with Crippen molar-refractivity contribution in [1.29, 1.82) is 0 Å². The van der Waals surface area contributed by atoms with E-state index in [1.807, 2.05) is 0 Å². The van der Waals surface area contributed by atoms with Gasteiger partial charge >= 0.3 is 5.97 Å². The highest BCUT2D eigenvalue weighted by Gasteiger charge is 2.53. The molecule has 0 aromatic heterocycles. The van der Waals surface area contributed by atoms with Crippen LogP contribution in [0.4, 0.5) is 4.39 Å². The van der Waals surface area contributed by atoms with Gasteiger partial charge in [0.05, 0.1) is 12.0 Å². The fraction of sp³-hybridized carbons (Fsp3) is 0.417. The molecule has 3 nitrogen and oxygen atoms in total. The Hall–Kier alpha value is -1.42. The molecular formula is C12H13FO3. The summed E-state index contributed by atoms with van der Waals surface area (Å²) >= 11 is 0. The van der Waals surface area contributed by atoms with E-state index in [9.17, 15) is 9.18 Å². The van der Waals surface area contributed by atoms with Gasteiger partial charge in [0.15, 0.2) is 0 Å². The van der Waals surface area contributed by atoms with Crippen LogP contribution in [0.25, 0.3) is 0 Å². The molecule has 16 heavy (non-hydrogen) atoms. The minimum atomic E-state index is -0.992. The van der Waals surface area contributed by atoms with Crippen LogP contribution in [-0.4, -0.2) is 18.2 Å². The maximum atomic E-state index is 14.0. The molecule has 1 aliphatic rings. The Morgan fingerprint density at radius 3 is 2.75 bits per heavy atom. The molecule has 0 heterocycles. The van der Waals surface area contributed by atoms with Gasteiger partial charge in [0, 0.05) is 18.2 Å². The summed E-state index contributed by atoms with van der Waals surface area (Å²) in [6.07, 6.45) is 1.02. The third-order valence-corrected chi connectivity index (χ3v) is 3.05. The van der Waals surface area contributed by atoms with E-state index in [-0.39, 0.29) is 12.2 Å². The van der Waals surface area contributed by atoms with Crippen LogP contribution in [-0.2, 0) is 21.6 Å². The van der Waals surface area contributed by atoms with Gasteiger partial charge in [-0.1, -0.05) is 18.2 Å². The van der Waals surface area contributed by atoms with Crippen LogP contribution < -0.4 is 0 Å². The Kier molecular flexibility index (Phi) is 2.68. The van der Waals surface area contributed by atoms with E-state index in [0.29, 0.717) is 18.4 Å². The Bertz CT molecular complexity index is 424. The lowest BCUT2D eigenvalue weighted by Gasteiger charge is -2.13. The van der Waals surface area contributed by atoms with Crippen molar-refractivity contribution in [2.75, 3.05) is 7.11 Å². The number of aliphatic carboxylic acids is 1. The molecule has 0 radical (unpaired) electrons. The molecular weight excluding hydrogens is 211 g/mol. The second kappa shape index (κ2) is 3.87. The summed E-state index contributed by atoms with van der Waals surface area (Å²) in [5.74, 6) is -1.38. The first kappa shape index (κ1) is 11.1. The van der Waals surface area contributed by atoms with Crippen LogP contribution in [0.3, 0.4) is 0 Å². The number of benzene rings is 1. The first-order valence-corrected chi connectivity index (χ1v) is 5.12. The highest BCUT2D eigenvalue weighted by atomic mass is 19.1. The first-order chi connectivity index (χ1) is 7.62. The summed E-state index contributed by atoms with van der Waals surface area (Å²) in [5, 5.41) is 9.10. The maximum absolute atomic E-state index is 14.0. The monoisotopic (exact) mass is 224 g/mol. The van der Waals surface area contributed by atoms with E-state index in [0.717, 1.165) is 0 Å². The zero-order chi connectivity index (χ0) is 11.8. The largest absolute Gasteiger partial charge is 0.481 e. The Labute approximate surface area is 92.9 Å². The minimum Gasteiger partial charge on any atom is -0.481 e. The maximum Gasteiger partial charge on any atom is 0.314 e. The van der Waals surface area contributed by atoms with Gasteiger partial charge in [-0.05, 0) is 12.8 Å². The van der Waals surface area contributed by atoms with Crippen molar-refractivity contribution in [1.82, 2.24) is 0 Å². The predicted molar refractivity (Wildman–Crippen MR) is 55.7 cm³/mol. The minimum absolute atomic E-state index is 0.162. The van der Waals surface area contributed by atoms with Gasteiger partial charge in [-0.2, -0.15) is 0 Å². The predicted octanol–water partition coefficient (Wildman–Crippen LogP) is 2.09. The molecule has 0 atom stereocenters. The number of carboxylic acids is 1. The van der Waals surface area contributed by atoms with Crippen LogP contribution >= 0.6 is 0 Å². The highest BCUT2D eigenvalue weighted by Crippen LogP contribution is 2.49. The van der Waals surface area contributed by atoms with Crippen LogP contribution in [0.5, 0.6) is 0 Å². The number of methoxy groups -OCH3 is 1. The smallest absolute Gasteiger partial charge is 0.314 e. The van der Waals surface area contributed by atoms with Crippen molar-refractivity contribution in [3.63, 3.8) is 0 Å². The van der Waals surface area contributed by atoms with Crippen molar-refractivity contribution in [3.05, 3.63) is 35.1 Å². The quantitative estimate of drug-likeness (QED) is 0.851. The number of hydrogen-bond donors (Lipinski definition) is 1. The topological polar surface area (TPSA) is 46.5 Å². The molecule has 1 aliphatic carbocycles. The molecule has 0 aliphatic heterocycles. The van der Waals surface area contributed by atoms with E-state index in [4.69, 9.17) is 9.84 Å². The van der Waals surface area contributed by atoms with Gasteiger partial charge in [-0.25, -0.2) is 4.39 Å². The zero-order valence-corrected chi connectivity index (χ0v) is 9.00. The van der Waals surface area contributed by atoms with Gasteiger partial charge in [-0.3, -0.25) is 4.79 Å². The van der Waals surface area contributed by atoms with Crippen LogP contribution in [0.2, 0.25) is 0 Å². The fourth-order valence-electron chi connectivity index (χ4n) is 1.94. The summed E-state index contributed by atoms with van der Waals surface area (Å²) in [6.45, 7) is 0.162.